The highest BCUT2D eigenvalue weighted by molar-refractivity contribution is 6.26. The molecule has 1 saturated heterocycles. The minimum atomic E-state index is -1.08. The number of hydrogen-bond acceptors (Lipinski definition) is 12. The molecule has 0 bridgehead atoms. The summed E-state index contributed by atoms with van der Waals surface area (Å²) in [6.45, 7) is 3.68. The van der Waals surface area contributed by atoms with E-state index in [-0.39, 0.29) is 47.7 Å². The molecular weight excluding hydrogens is 644 g/mol. The molecule has 1 unspecified atom stereocenters. The second-order valence-corrected chi connectivity index (χ2v) is 11.1. The number of hydrogen-bond donors (Lipinski definition) is 2. The monoisotopic (exact) mass is 684 g/mol. The highest BCUT2D eigenvalue weighted by Gasteiger charge is 2.45. The number of fused-ring (bicyclic) bond motifs is 1. The lowest BCUT2D eigenvalue weighted by Crippen LogP contribution is -2.54. The van der Waals surface area contributed by atoms with Gasteiger partial charge < -0.3 is 29.0 Å². The number of unbranched alkanes of at least 4 members (excludes halogenated alkanes) is 2. The molecule has 0 radical (unpaired) electrons. The fourth-order valence-corrected chi connectivity index (χ4v) is 5.14. The zero-order valence-electron chi connectivity index (χ0n) is 27.0. The number of anilines is 1. The molecule has 2 heterocycles. The third kappa shape index (κ3) is 11.1. The van der Waals surface area contributed by atoms with Crippen molar-refractivity contribution in [1.29, 1.82) is 0 Å². The van der Waals surface area contributed by atoms with Gasteiger partial charge in [-0.3, -0.25) is 44.3 Å². The average Bonchev–Trinajstić information content (AvgIpc) is 3.34. The lowest BCUT2D eigenvalue weighted by atomic mass is 10.0. The van der Waals surface area contributed by atoms with Crippen molar-refractivity contribution in [2.45, 2.75) is 44.6 Å². The fourth-order valence-electron chi connectivity index (χ4n) is 5.14. The zero-order valence-corrected chi connectivity index (χ0v) is 27.0. The standard InChI is InChI=1S/C33H40N4O12/c38-28(34-26-6-4-5-25-30(26)33(42)36(32(25)41)27-12-13-29(39)35-31(27)40)7-2-1-3-14-45-15-16-46-17-18-47-19-20-48-21-22-49-24-10-8-23(9-11-24)37(43)44/h4-6,8-11,27H,1-3,7,12-22H2,(H,34,38)(H,35,39,40). The van der Waals surface area contributed by atoms with E-state index in [0.717, 1.165) is 17.7 Å². The van der Waals surface area contributed by atoms with Crippen LogP contribution in [0.5, 0.6) is 5.75 Å². The quantitative estimate of drug-likeness (QED) is 0.0796. The van der Waals surface area contributed by atoms with Gasteiger partial charge in [-0.1, -0.05) is 12.5 Å². The third-order valence-corrected chi connectivity index (χ3v) is 7.59. The van der Waals surface area contributed by atoms with Crippen molar-refractivity contribution in [1.82, 2.24) is 10.2 Å². The number of nitrogens with one attached hydrogen (secondary N) is 2. The van der Waals surface area contributed by atoms with Gasteiger partial charge in [0.15, 0.2) is 0 Å². The molecule has 0 saturated carbocycles. The number of benzene rings is 2. The first kappa shape index (κ1) is 37.1. The van der Waals surface area contributed by atoms with Gasteiger partial charge in [0.1, 0.15) is 18.4 Å². The summed E-state index contributed by atoms with van der Waals surface area (Å²) in [5, 5.41) is 15.5. The van der Waals surface area contributed by atoms with Gasteiger partial charge in [0.2, 0.25) is 17.7 Å². The number of ether oxygens (including phenoxy) is 5. The van der Waals surface area contributed by atoms with Crippen molar-refractivity contribution < 1.29 is 52.6 Å². The van der Waals surface area contributed by atoms with E-state index >= 15 is 0 Å². The van der Waals surface area contributed by atoms with Crippen molar-refractivity contribution in [2.24, 2.45) is 0 Å². The summed E-state index contributed by atoms with van der Waals surface area (Å²) in [5.41, 5.74) is 0.365. The number of imide groups is 2. The van der Waals surface area contributed by atoms with Crippen LogP contribution < -0.4 is 15.4 Å². The molecule has 0 aromatic heterocycles. The summed E-state index contributed by atoms with van der Waals surface area (Å²) < 4.78 is 27.4. The number of rotatable bonds is 22. The van der Waals surface area contributed by atoms with Crippen LogP contribution in [-0.2, 0) is 33.3 Å². The predicted molar refractivity (Wildman–Crippen MR) is 172 cm³/mol. The van der Waals surface area contributed by atoms with E-state index in [2.05, 4.69) is 10.6 Å². The molecule has 2 aromatic rings. The Morgan fingerprint density at radius 1 is 0.816 bits per heavy atom. The number of amides is 5. The minimum absolute atomic E-state index is 0.00577. The van der Waals surface area contributed by atoms with Crippen LogP contribution in [0.4, 0.5) is 11.4 Å². The van der Waals surface area contributed by atoms with Crippen LogP contribution in [0.2, 0.25) is 0 Å². The Hall–Kier alpha value is -4.77. The smallest absolute Gasteiger partial charge is 0.269 e. The maximum absolute atomic E-state index is 13.2. The molecule has 2 aromatic carbocycles. The van der Waals surface area contributed by atoms with Gasteiger partial charge >= 0.3 is 0 Å². The molecule has 16 heteroatoms. The maximum atomic E-state index is 13.2. The number of piperidine rings is 1. The number of nitro groups is 1. The molecule has 1 atom stereocenters. The summed E-state index contributed by atoms with van der Waals surface area (Å²) in [7, 11) is 0. The van der Waals surface area contributed by atoms with E-state index in [1.54, 1.807) is 12.1 Å². The van der Waals surface area contributed by atoms with Crippen molar-refractivity contribution in [3.8, 4) is 5.75 Å². The lowest BCUT2D eigenvalue weighted by Gasteiger charge is -2.27. The number of nitrogens with zero attached hydrogens (tertiary/aromatic N) is 2. The molecule has 1 fully saturated rings. The van der Waals surface area contributed by atoms with Crippen molar-refractivity contribution in [3.63, 3.8) is 0 Å². The zero-order chi connectivity index (χ0) is 35.0. The second-order valence-electron chi connectivity index (χ2n) is 11.1. The van der Waals surface area contributed by atoms with Crippen LogP contribution in [0.1, 0.15) is 59.2 Å². The van der Waals surface area contributed by atoms with Gasteiger partial charge in [0, 0.05) is 31.6 Å². The Morgan fingerprint density at radius 3 is 2.08 bits per heavy atom. The first-order chi connectivity index (χ1) is 23.8. The SMILES string of the molecule is O=C1CCC(N2C(=O)c3cccc(NC(=O)CCCCCOCCOCCOCCOCCOc4ccc([N+](=O)[O-])cc4)c3C2=O)C(=O)N1. The van der Waals surface area contributed by atoms with E-state index in [0.29, 0.717) is 71.6 Å². The second kappa shape index (κ2) is 19.3. The van der Waals surface area contributed by atoms with E-state index < -0.39 is 34.6 Å². The van der Waals surface area contributed by atoms with E-state index in [1.807, 2.05) is 0 Å². The number of carbonyl (C=O) groups excluding carboxylic acids is 5. The van der Waals surface area contributed by atoms with Gasteiger partial charge in [-0.25, -0.2) is 0 Å². The molecule has 49 heavy (non-hydrogen) atoms. The Bertz CT molecular complexity index is 1480. The minimum Gasteiger partial charge on any atom is -0.491 e. The number of carbonyl (C=O) groups is 5. The molecular formula is C33H40N4O12. The first-order valence-electron chi connectivity index (χ1n) is 16.1. The summed E-state index contributed by atoms with van der Waals surface area (Å²) >= 11 is 0. The summed E-state index contributed by atoms with van der Waals surface area (Å²) in [5.74, 6) is -2.22. The molecule has 264 valence electrons. The molecule has 0 spiro atoms. The summed E-state index contributed by atoms with van der Waals surface area (Å²) in [6.07, 6.45) is 2.40. The van der Waals surface area contributed by atoms with Crippen LogP contribution in [0.3, 0.4) is 0 Å². The van der Waals surface area contributed by atoms with E-state index in [1.165, 1.54) is 30.3 Å². The predicted octanol–water partition coefficient (Wildman–Crippen LogP) is 2.64. The van der Waals surface area contributed by atoms with Gasteiger partial charge in [0.05, 0.1) is 68.0 Å². The van der Waals surface area contributed by atoms with Crippen LogP contribution in [0, 0.1) is 10.1 Å². The number of nitro benzene ring substituents is 1. The molecule has 2 aliphatic rings. The van der Waals surface area contributed by atoms with E-state index in [4.69, 9.17) is 23.7 Å². The van der Waals surface area contributed by atoms with Crippen LogP contribution >= 0.6 is 0 Å². The van der Waals surface area contributed by atoms with Crippen molar-refractivity contribution in [3.05, 3.63) is 63.7 Å². The van der Waals surface area contributed by atoms with Gasteiger partial charge in [-0.05, 0) is 43.5 Å². The van der Waals surface area contributed by atoms with Gasteiger partial charge in [-0.2, -0.15) is 0 Å². The summed E-state index contributed by atoms with van der Waals surface area (Å²) in [6, 6.07) is 9.33. The third-order valence-electron chi connectivity index (χ3n) is 7.59. The Labute approximate surface area is 282 Å². The molecule has 2 aliphatic heterocycles. The average molecular weight is 685 g/mol. The lowest BCUT2D eigenvalue weighted by molar-refractivity contribution is -0.384. The number of non-ortho nitro benzene ring substituents is 1. The normalized spacial score (nSPS) is 15.7. The van der Waals surface area contributed by atoms with Gasteiger partial charge in [-0.15, -0.1) is 0 Å². The van der Waals surface area contributed by atoms with Crippen molar-refractivity contribution >= 4 is 40.9 Å². The first-order valence-corrected chi connectivity index (χ1v) is 16.1. The molecule has 4 rings (SSSR count). The topological polar surface area (TPSA) is 202 Å². The molecule has 16 nitrogen and oxygen atoms in total. The van der Waals surface area contributed by atoms with Gasteiger partial charge in [0.25, 0.3) is 17.5 Å². The van der Waals surface area contributed by atoms with Crippen molar-refractivity contribution in [2.75, 3.05) is 64.8 Å². The summed E-state index contributed by atoms with van der Waals surface area (Å²) in [4.78, 5) is 73.5. The Morgan fingerprint density at radius 2 is 1.45 bits per heavy atom. The highest BCUT2D eigenvalue weighted by atomic mass is 16.6. The van der Waals surface area contributed by atoms with E-state index in [9.17, 15) is 34.1 Å². The highest BCUT2D eigenvalue weighted by Crippen LogP contribution is 2.32. The van der Waals surface area contributed by atoms with Crippen LogP contribution in [0.15, 0.2) is 42.5 Å². The largest absolute Gasteiger partial charge is 0.491 e. The van der Waals surface area contributed by atoms with Crippen LogP contribution in [0.25, 0.3) is 0 Å². The maximum Gasteiger partial charge on any atom is 0.269 e. The van der Waals surface area contributed by atoms with Crippen LogP contribution in [-0.4, -0.2) is 105 Å². The Kier molecular flexibility index (Phi) is 14.6. The molecule has 5 amide bonds. The molecule has 2 N–H and O–H groups in total. The fraction of sp³-hybridized carbons (Fsp3) is 0.485. The Balaban J connectivity index is 0.964. The molecule has 0 aliphatic carbocycles.